The predicted octanol–water partition coefficient (Wildman–Crippen LogP) is 7.93. The summed E-state index contributed by atoms with van der Waals surface area (Å²) in [6.45, 7) is 3.26. The van der Waals surface area contributed by atoms with Crippen LogP contribution in [0.3, 0.4) is 0 Å². The molecule has 0 spiro atoms. The first-order valence-corrected chi connectivity index (χ1v) is 8.83. The van der Waals surface area contributed by atoms with Gasteiger partial charge in [0.1, 0.15) is 5.58 Å². The summed E-state index contributed by atoms with van der Waals surface area (Å²) in [6.07, 6.45) is -9.42. The van der Waals surface area contributed by atoms with Gasteiger partial charge in [-0.3, -0.25) is 0 Å². The highest BCUT2D eigenvalue weighted by atomic mass is 79.9. The summed E-state index contributed by atoms with van der Waals surface area (Å²) in [5.41, 5.74) is -1.39. The third-order valence-electron chi connectivity index (χ3n) is 4.13. The van der Waals surface area contributed by atoms with Crippen LogP contribution in [0.1, 0.15) is 28.0 Å². The quantitative estimate of drug-likeness (QED) is 0.352. The van der Waals surface area contributed by atoms with Crippen molar-refractivity contribution in [3.8, 4) is 0 Å². The van der Waals surface area contributed by atoms with Crippen molar-refractivity contribution in [1.82, 2.24) is 0 Å². The number of furan rings is 1. The molecule has 0 unspecified atom stereocenters. The lowest BCUT2D eigenvalue weighted by atomic mass is 9.97. The average Bonchev–Trinajstić information content (AvgIpc) is 2.93. The lowest BCUT2D eigenvalue weighted by molar-refractivity contribution is -0.152. The van der Waals surface area contributed by atoms with Gasteiger partial charge in [-0.05, 0) is 43.7 Å². The molecule has 0 N–H and O–H groups in total. The van der Waals surface area contributed by atoms with Crippen LogP contribution in [0.15, 0.2) is 45.3 Å². The molecule has 1 nitrogen and oxygen atoms in total. The van der Waals surface area contributed by atoms with Crippen molar-refractivity contribution in [3.05, 3.63) is 68.9 Å². The maximum absolute atomic E-state index is 13.9. The van der Waals surface area contributed by atoms with E-state index in [0.717, 1.165) is 0 Å². The van der Waals surface area contributed by atoms with Gasteiger partial charge < -0.3 is 4.42 Å². The molecule has 0 aliphatic rings. The fourth-order valence-electron chi connectivity index (χ4n) is 2.90. The molecular formula is C20H13BrF6O. The fourth-order valence-corrected chi connectivity index (χ4v) is 3.26. The molecular weight excluding hydrogens is 450 g/mol. The first-order chi connectivity index (χ1) is 12.9. The predicted molar refractivity (Wildman–Crippen MR) is 98.8 cm³/mol. The highest BCUT2D eigenvalue weighted by Gasteiger charge is 2.45. The van der Waals surface area contributed by atoms with Gasteiger partial charge in [0.25, 0.3) is 0 Å². The van der Waals surface area contributed by atoms with E-state index in [9.17, 15) is 26.3 Å². The number of aryl methyl sites for hydroxylation is 2. The van der Waals surface area contributed by atoms with Gasteiger partial charge in [-0.15, -0.1) is 0 Å². The molecule has 0 radical (unpaired) electrons. The average molecular weight is 463 g/mol. The number of rotatable bonds is 2. The fraction of sp³-hybridized carbons (Fsp3) is 0.200. The Morgan fingerprint density at radius 3 is 2.14 bits per heavy atom. The summed E-state index contributed by atoms with van der Waals surface area (Å²) in [6, 6.07) is 8.64. The van der Waals surface area contributed by atoms with Crippen molar-refractivity contribution < 1.29 is 30.8 Å². The lowest BCUT2D eigenvalue weighted by Crippen LogP contribution is -2.15. The van der Waals surface area contributed by atoms with E-state index in [2.05, 4.69) is 15.9 Å². The number of allylic oxidation sites excluding steroid dienone is 1. The summed E-state index contributed by atoms with van der Waals surface area (Å²) < 4.78 is 87.4. The van der Waals surface area contributed by atoms with Gasteiger partial charge >= 0.3 is 12.4 Å². The molecule has 3 rings (SSSR count). The van der Waals surface area contributed by atoms with E-state index < -0.39 is 29.2 Å². The third-order valence-corrected chi connectivity index (χ3v) is 4.85. The Kier molecular flexibility index (Phi) is 5.12. The Hall–Kier alpha value is -2.22. The Labute approximate surface area is 164 Å². The smallest absolute Gasteiger partial charge is 0.450 e. The molecule has 0 saturated carbocycles. The molecule has 1 heterocycles. The van der Waals surface area contributed by atoms with Crippen molar-refractivity contribution in [2.75, 3.05) is 0 Å². The summed E-state index contributed by atoms with van der Waals surface area (Å²) >= 11 is 3.15. The normalized spacial score (nSPS) is 13.4. The Balaban J connectivity index is 2.42. The maximum Gasteiger partial charge on any atom is 0.450 e. The molecule has 0 fully saturated rings. The molecule has 2 aromatic carbocycles. The number of hydrogen-bond acceptors (Lipinski definition) is 1. The molecule has 8 heteroatoms. The minimum Gasteiger partial charge on any atom is -0.451 e. The van der Waals surface area contributed by atoms with Crippen LogP contribution in [0.2, 0.25) is 0 Å². The van der Waals surface area contributed by atoms with Crippen LogP contribution in [0.5, 0.6) is 0 Å². The summed E-state index contributed by atoms with van der Waals surface area (Å²) in [7, 11) is 0. The second-order valence-electron chi connectivity index (χ2n) is 6.38. The van der Waals surface area contributed by atoms with Crippen LogP contribution in [0.25, 0.3) is 22.6 Å². The topological polar surface area (TPSA) is 13.1 Å². The van der Waals surface area contributed by atoms with Crippen LogP contribution < -0.4 is 0 Å². The van der Waals surface area contributed by atoms with Crippen molar-refractivity contribution in [2.45, 2.75) is 26.2 Å². The highest BCUT2D eigenvalue weighted by molar-refractivity contribution is 9.10. The molecule has 0 saturated heterocycles. The van der Waals surface area contributed by atoms with Crippen LogP contribution in [-0.4, -0.2) is 6.18 Å². The van der Waals surface area contributed by atoms with E-state index >= 15 is 0 Å². The standard InChI is InChI=1S/C20H13BrF6O/c1-10-3-5-15(21)12(7-10)9-14(19(22,23)24)17-13-8-11(2)4-6-16(13)28-18(17)20(25,26)27/h3-9H,1-2H3/b14-9+. The third kappa shape index (κ3) is 3.97. The minimum absolute atomic E-state index is 0.113. The molecule has 28 heavy (non-hydrogen) atoms. The SMILES string of the molecule is Cc1ccc(Br)c(/C=C(\c2c(C(F)(F)F)oc3ccc(C)cc23)C(F)(F)F)c1. The van der Waals surface area contributed by atoms with Crippen LogP contribution in [0, 0.1) is 13.8 Å². The molecule has 0 bridgehead atoms. The first-order valence-electron chi connectivity index (χ1n) is 8.03. The Morgan fingerprint density at radius 1 is 0.929 bits per heavy atom. The van der Waals surface area contributed by atoms with Crippen molar-refractivity contribution in [3.63, 3.8) is 0 Å². The van der Waals surface area contributed by atoms with E-state index in [4.69, 9.17) is 4.42 Å². The second-order valence-corrected chi connectivity index (χ2v) is 7.24. The number of halogens is 7. The van der Waals surface area contributed by atoms with Crippen molar-refractivity contribution >= 4 is 38.5 Å². The molecule has 1 aromatic heterocycles. The van der Waals surface area contributed by atoms with E-state index in [0.29, 0.717) is 21.7 Å². The number of benzene rings is 2. The van der Waals surface area contributed by atoms with E-state index in [1.807, 2.05) is 0 Å². The van der Waals surface area contributed by atoms with Crippen LogP contribution in [-0.2, 0) is 6.18 Å². The van der Waals surface area contributed by atoms with Gasteiger partial charge in [-0.25, -0.2) is 0 Å². The molecule has 0 amide bonds. The van der Waals surface area contributed by atoms with Gasteiger partial charge in [0.2, 0.25) is 5.76 Å². The number of fused-ring (bicyclic) bond motifs is 1. The zero-order chi connectivity index (χ0) is 20.9. The molecule has 3 aromatic rings. The summed E-state index contributed by atoms with van der Waals surface area (Å²) in [5.74, 6) is -1.67. The van der Waals surface area contributed by atoms with Crippen molar-refractivity contribution in [1.29, 1.82) is 0 Å². The molecule has 0 aliphatic carbocycles. The van der Waals surface area contributed by atoms with E-state index in [1.54, 1.807) is 19.9 Å². The zero-order valence-corrected chi connectivity index (χ0v) is 16.2. The molecule has 0 atom stereocenters. The minimum atomic E-state index is -5.09. The largest absolute Gasteiger partial charge is 0.451 e. The second kappa shape index (κ2) is 6.99. The summed E-state index contributed by atoms with van der Waals surface area (Å²) in [4.78, 5) is 0. The highest BCUT2D eigenvalue weighted by Crippen LogP contribution is 2.47. The maximum atomic E-state index is 13.9. The molecule has 148 valence electrons. The van der Waals surface area contributed by atoms with Gasteiger partial charge in [-0.1, -0.05) is 45.3 Å². The lowest BCUT2D eigenvalue weighted by Gasteiger charge is -2.15. The van der Waals surface area contributed by atoms with E-state index in [1.165, 1.54) is 30.3 Å². The van der Waals surface area contributed by atoms with E-state index in [-0.39, 0.29) is 16.5 Å². The molecule has 0 aliphatic heterocycles. The van der Waals surface area contributed by atoms with Gasteiger partial charge in [0.05, 0.1) is 5.57 Å². The van der Waals surface area contributed by atoms with Gasteiger partial charge in [-0.2, -0.15) is 26.3 Å². The summed E-state index contributed by atoms with van der Waals surface area (Å²) in [5, 5.41) is -0.236. The number of alkyl halides is 6. The first kappa shape index (κ1) is 20.5. The Morgan fingerprint density at radius 2 is 1.54 bits per heavy atom. The van der Waals surface area contributed by atoms with Crippen LogP contribution in [0.4, 0.5) is 26.3 Å². The zero-order valence-electron chi connectivity index (χ0n) is 14.6. The monoisotopic (exact) mass is 462 g/mol. The van der Waals surface area contributed by atoms with Crippen molar-refractivity contribution in [2.24, 2.45) is 0 Å². The van der Waals surface area contributed by atoms with Gasteiger partial charge in [0.15, 0.2) is 0 Å². The Bertz CT molecular complexity index is 1070. The number of hydrogen-bond donors (Lipinski definition) is 0. The van der Waals surface area contributed by atoms with Gasteiger partial charge in [0, 0.05) is 15.4 Å². The van der Waals surface area contributed by atoms with Crippen LogP contribution >= 0.6 is 15.9 Å².